The molecule has 1 aromatic carbocycles. The molecule has 34 heavy (non-hydrogen) atoms. The van der Waals surface area contributed by atoms with Crippen LogP contribution in [0.4, 0.5) is 5.69 Å². The van der Waals surface area contributed by atoms with E-state index in [1.165, 1.54) is 22.5 Å². The Morgan fingerprint density at radius 3 is 2.56 bits per heavy atom. The molecule has 8 heteroatoms. The van der Waals surface area contributed by atoms with Gasteiger partial charge in [0.05, 0.1) is 20.9 Å². The van der Waals surface area contributed by atoms with E-state index >= 15 is 0 Å². The number of rotatable bonds is 5. The molecule has 1 saturated carbocycles. The van der Waals surface area contributed by atoms with E-state index in [0.29, 0.717) is 28.5 Å². The molecule has 184 valence electrons. The van der Waals surface area contributed by atoms with Crippen molar-refractivity contribution in [2.45, 2.75) is 70.1 Å². The van der Waals surface area contributed by atoms with Gasteiger partial charge in [-0.25, -0.2) is 0 Å². The van der Waals surface area contributed by atoms with Gasteiger partial charge in [0, 0.05) is 25.2 Å². The van der Waals surface area contributed by atoms with Crippen molar-refractivity contribution in [2.75, 3.05) is 25.5 Å². The minimum Gasteiger partial charge on any atom is -0.373 e. The van der Waals surface area contributed by atoms with Crippen molar-refractivity contribution in [3.05, 3.63) is 50.7 Å². The number of anilines is 1. The Balaban J connectivity index is 1.55. The molecular formula is C26H34ClN3O3S. The molecule has 0 bridgehead atoms. The van der Waals surface area contributed by atoms with Gasteiger partial charge in [0.25, 0.3) is 5.91 Å². The molecule has 1 aliphatic carbocycles. The van der Waals surface area contributed by atoms with Crippen LogP contribution in [0.3, 0.4) is 0 Å². The van der Waals surface area contributed by atoms with Crippen LogP contribution in [0, 0.1) is 0 Å². The molecule has 4 rings (SSSR count). The fourth-order valence-corrected chi connectivity index (χ4v) is 5.80. The van der Waals surface area contributed by atoms with Gasteiger partial charge in [0.2, 0.25) is 5.91 Å². The Morgan fingerprint density at radius 1 is 1.15 bits per heavy atom. The monoisotopic (exact) mass is 503 g/mol. The van der Waals surface area contributed by atoms with Gasteiger partial charge in [-0.15, -0.1) is 11.3 Å². The second-order valence-corrected chi connectivity index (χ2v) is 12.2. The number of hydrogen-bond donors (Lipinski definition) is 2. The number of carbonyl (C=O) groups excluding carboxylic acids is 2. The van der Waals surface area contributed by atoms with Crippen LogP contribution in [0.1, 0.15) is 60.8 Å². The van der Waals surface area contributed by atoms with E-state index in [-0.39, 0.29) is 23.5 Å². The first-order valence-electron chi connectivity index (χ1n) is 11.9. The maximum absolute atomic E-state index is 13.7. The van der Waals surface area contributed by atoms with Crippen LogP contribution in [0.15, 0.2) is 30.3 Å². The number of thiophene rings is 1. The van der Waals surface area contributed by atoms with Gasteiger partial charge in [-0.3, -0.25) is 9.59 Å². The van der Waals surface area contributed by atoms with E-state index in [4.69, 9.17) is 16.3 Å². The van der Waals surface area contributed by atoms with E-state index in [1.807, 2.05) is 26.8 Å². The van der Waals surface area contributed by atoms with Crippen molar-refractivity contribution in [1.29, 1.82) is 0 Å². The number of likely N-dealkylation sites (N-methyl/N-ethyl adjacent to an activating group) is 1. The molecule has 2 atom stereocenters. The van der Waals surface area contributed by atoms with Crippen LogP contribution in [0.5, 0.6) is 0 Å². The summed E-state index contributed by atoms with van der Waals surface area (Å²) in [6, 6.07) is 9.55. The standard InChI is InChI=1S/C26H34ClN3O3S/c1-25(2,3)33-20-9-12-26(16-20,29-23(31)21-7-8-22(27)34-21)24(32)28-19-6-5-17-10-13-30(4)14-11-18(17)15-19/h5-8,15,20H,9-14,16H2,1-4H3,(H,28,32)(H,29,31). The fraction of sp³-hybridized carbons (Fsp3) is 0.538. The van der Waals surface area contributed by atoms with Gasteiger partial charge >= 0.3 is 0 Å². The number of ether oxygens (including phenoxy) is 1. The molecule has 2 unspecified atom stereocenters. The summed E-state index contributed by atoms with van der Waals surface area (Å²) in [4.78, 5) is 29.6. The van der Waals surface area contributed by atoms with Crippen molar-refractivity contribution in [3.63, 3.8) is 0 Å². The first kappa shape index (κ1) is 25.2. The van der Waals surface area contributed by atoms with Crippen LogP contribution in [-0.2, 0) is 22.4 Å². The Hall–Kier alpha value is -1.93. The molecule has 0 spiro atoms. The lowest BCUT2D eigenvalue weighted by molar-refractivity contribution is -0.123. The zero-order chi connectivity index (χ0) is 24.5. The number of amides is 2. The second-order valence-electron chi connectivity index (χ2n) is 10.5. The maximum atomic E-state index is 13.7. The van der Waals surface area contributed by atoms with Gasteiger partial charge in [-0.1, -0.05) is 17.7 Å². The molecule has 0 radical (unpaired) electrons. The molecule has 2 aromatic rings. The summed E-state index contributed by atoms with van der Waals surface area (Å²) in [5.74, 6) is -0.484. The zero-order valence-electron chi connectivity index (χ0n) is 20.4. The van der Waals surface area contributed by atoms with Crippen molar-refractivity contribution >= 4 is 40.4 Å². The minimum absolute atomic E-state index is 0.111. The number of carbonyl (C=O) groups is 2. The van der Waals surface area contributed by atoms with Gasteiger partial charge < -0.3 is 20.3 Å². The highest BCUT2D eigenvalue weighted by Gasteiger charge is 2.48. The lowest BCUT2D eigenvalue weighted by Gasteiger charge is -2.31. The van der Waals surface area contributed by atoms with E-state index < -0.39 is 5.54 Å². The predicted molar refractivity (Wildman–Crippen MR) is 138 cm³/mol. The second kappa shape index (κ2) is 9.97. The van der Waals surface area contributed by atoms with Crippen LogP contribution in [0.2, 0.25) is 4.34 Å². The van der Waals surface area contributed by atoms with E-state index in [9.17, 15) is 9.59 Å². The zero-order valence-corrected chi connectivity index (χ0v) is 21.9. The van der Waals surface area contributed by atoms with Crippen molar-refractivity contribution in [2.24, 2.45) is 0 Å². The van der Waals surface area contributed by atoms with Crippen LogP contribution in [0.25, 0.3) is 0 Å². The quantitative estimate of drug-likeness (QED) is 0.608. The molecule has 1 fully saturated rings. The largest absolute Gasteiger partial charge is 0.373 e. The summed E-state index contributed by atoms with van der Waals surface area (Å²) in [6.07, 6.45) is 3.50. The molecular weight excluding hydrogens is 470 g/mol. The van der Waals surface area contributed by atoms with Gasteiger partial charge in [0.1, 0.15) is 5.54 Å². The Bertz CT molecular complexity index is 1060. The highest BCUT2D eigenvalue weighted by Crippen LogP contribution is 2.36. The van der Waals surface area contributed by atoms with Gasteiger partial charge in [-0.2, -0.15) is 0 Å². The van der Waals surface area contributed by atoms with Crippen LogP contribution in [-0.4, -0.2) is 54.1 Å². The third-order valence-corrected chi connectivity index (χ3v) is 7.79. The number of fused-ring (bicyclic) bond motifs is 1. The molecule has 2 aliphatic rings. The molecule has 1 aliphatic heterocycles. The summed E-state index contributed by atoms with van der Waals surface area (Å²) >= 11 is 7.24. The molecule has 2 N–H and O–H groups in total. The predicted octanol–water partition coefficient (Wildman–Crippen LogP) is 4.91. The van der Waals surface area contributed by atoms with Gasteiger partial charge in [-0.05, 0) is 88.9 Å². The highest BCUT2D eigenvalue weighted by atomic mass is 35.5. The Kier molecular flexibility index (Phi) is 7.38. The summed E-state index contributed by atoms with van der Waals surface area (Å²) in [6.45, 7) is 8.06. The van der Waals surface area contributed by atoms with E-state index in [0.717, 1.165) is 31.6 Å². The van der Waals surface area contributed by atoms with Gasteiger partial charge in [0.15, 0.2) is 0 Å². The lowest BCUT2D eigenvalue weighted by Crippen LogP contribution is -2.55. The first-order valence-corrected chi connectivity index (χ1v) is 13.1. The molecule has 2 amide bonds. The molecule has 1 aromatic heterocycles. The Morgan fingerprint density at radius 2 is 1.88 bits per heavy atom. The topological polar surface area (TPSA) is 70.7 Å². The smallest absolute Gasteiger partial charge is 0.262 e. The van der Waals surface area contributed by atoms with Crippen molar-refractivity contribution < 1.29 is 14.3 Å². The van der Waals surface area contributed by atoms with Crippen LogP contribution >= 0.6 is 22.9 Å². The molecule has 6 nitrogen and oxygen atoms in total. The SMILES string of the molecule is CN1CCc2ccc(NC(=O)C3(NC(=O)c4ccc(Cl)s4)CCC(OC(C)(C)C)C3)cc2CC1. The molecule has 2 heterocycles. The van der Waals surface area contributed by atoms with Crippen molar-refractivity contribution in [1.82, 2.24) is 10.2 Å². The van der Waals surface area contributed by atoms with Crippen LogP contribution < -0.4 is 10.6 Å². The lowest BCUT2D eigenvalue weighted by atomic mass is 9.95. The Labute approximate surface area is 211 Å². The number of nitrogens with zero attached hydrogens (tertiary/aromatic N) is 1. The maximum Gasteiger partial charge on any atom is 0.262 e. The minimum atomic E-state index is -1.05. The third kappa shape index (κ3) is 6.00. The average Bonchev–Trinajstić information content (AvgIpc) is 3.32. The normalized spacial score (nSPS) is 23.3. The van der Waals surface area contributed by atoms with Crippen molar-refractivity contribution in [3.8, 4) is 0 Å². The summed E-state index contributed by atoms with van der Waals surface area (Å²) in [5.41, 5.74) is 2.00. The third-order valence-electron chi connectivity index (χ3n) is 6.56. The first-order chi connectivity index (χ1) is 16.0. The number of hydrogen-bond acceptors (Lipinski definition) is 5. The van der Waals surface area contributed by atoms with E-state index in [2.05, 4.69) is 34.7 Å². The number of benzene rings is 1. The summed E-state index contributed by atoms with van der Waals surface area (Å²) in [5, 5.41) is 6.16. The average molecular weight is 504 g/mol. The highest BCUT2D eigenvalue weighted by molar-refractivity contribution is 7.18. The summed E-state index contributed by atoms with van der Waals surface area (Å²) < 4.78 is 6.73. The fourth-order valence-electron chi connectivity index (χ4n) is 4.86. The summed E-state index contributed by atoms with van der Waals surface area (Å²) in [7, 11) is 2.14. The number of nitrogens with one attached hydrogen (secondary N) is 2. The molecule has 0 saturated heterocycles. The number of halogens is 1. The van der Waals surface area contributed by atoms with E-state index in [1.54, 1.807) is 12.1 Å².